The minimum atomic E-state index is -0.235. The quantitative estimate of drug-likeness (QED) is 0.699. The van der Waals surface area contributed by atoms with Gasteiger partial charge >= 0.3 is 0 Å². The standard InChI is InChI=1S/C17H16Cl2N6O/c1-24(11-16(26)20-17-13(18)8-5-9-14(17)19)10-15-21-22-23-25(15)12-6-3-2-4-7-12/h2-9H,10-11H2,1H3,(H,20,26). The average Bonchev–Trinajstić information content (AvgIpc) is 3.07. The summed E-state index contributed by atoms with van der Waals surface area (Å²) in [5.41, 5.74) is 1.26. The van der Waals surface area contributed by atoms with Crippen molar-refractivity contribution in [3.63, 3.8) is 0 Å². The predicted molar refractivity (Wildman–Crippen MR) is 101 cm³/mol. The molecule has 1 amide bonds. The SMILES string of the molecule is CN(CC(=O)Nc1c(Cl)cccc1Cl)Cc1nnnn1-c1ccccc1. The van der Waals surface area contributed by atoms with E-state index in [0.29, 0.717) is 28.1 Å². The van der Waals surface area contributed by atoms with E-state index in [4.69, 9.17) is 23.2 Å². The van der Waals surface area contributed by atoms with E-state index in [1.54, 1.807) is 34.8 Å². The molecule has 0 bridgehead atoms. The molecule has 0 saturated carbocycles. The van der Waals surface area contributed by atoms with E-state index < -0.39 is 0 Å². The van der Waals surface area contributed by atoms with Crippen LogP contribution < -0.4 is 5.32 Å². The summed E-state index contributed by atoms with van der Waals surface area (Å²) >= 11 is 12.1. The maximum atomic E-state index is 12.3. The Kier molecular flexibility index (Phi) is 5.82. The number of aromatic nitrogens is 4. The lowest BCUT2D eigenvalue weighted by Gasteiger charge is -2.16. The van der Waals surface area contributed by atoms with Crippen molar-refractivity contribution in [2.75, 3.05) is 18.9 Å². The fourth-order valence-corrected chi connectivity index (χ4v) is 2.90. The first-order valence-electron chi connectivity index (χ1n) is 7.79. The largest absolute Gasteiger partial charge is 0.322 e. The van der Waals surface area contributed by atoms with Crippen molar-refractivity contribution in [2.24, 2.45) is 0 Å². The van der Waals surface area contributed by atoms with Crippen molar-refractivity contribution in [2.45, 2.75) is 6.54 Å². The number of tetrazole rings is 1. The summed E-state index contributed by atoms with van der Waals surface area (Å²) in [6.45, 7) is 0.523. The van der Waals surface area contributed by atoms with E-state index in [9.17, 15) is 4.79 Å². The molecule has 1 aromatic heterocycles. The van der Waals surface area contributed by atoms with E-state index >= 15 is 0 Å². The summed E-state index contributed by atoms with van der Waals surface area (Å²) in [4.78, 5) is 14.1. The zero-order chi connectivity index (χ0) is 18.5. The topological polar surface area (TPSA) is 75.9 Å². The van der Waals surface area contributed by atoms with Gasteiger partial charge in [-0.1, -0.05) is 47.5 Å². The van der Waals surface area contributed by atoms with Crippen molar-refractivity contribution < 1.29 is 4.79 Å². The van der Waals surface area contributed by atoms with Crippen LogP contribution in [-0.4, -0.2) is 44.6 Å². The molecule has 3 rings (SSSR count). The third-order valence-electron chi connectivity index (χ3n) is 3.59. The smallest absolute Gasteiger partial charge is 0.238 e. The molecular weight excluding hydrogens is 375 g/mol. The second-order valence-electron chi connectivity index (χ2n) is 5.66. The van der Waals surface area contributed by atoms with E-state index in [1.807, 2.05) is 30.3 Å². The number of halogens is 2. The molecular formula is C17H16Cl2N6O. The molecule has 1 heterocycles. The molecule has 7 nitrogen and oxygen atoms in total. The van der Waals surface area contributed by atoms with Gasteiger partial charge in [-0.15, -0.1) is 5.10 Å². The molecule has 0 aliphatic heterocycles. The summed E-state index contributed by atoms with van der Waals surface area (Å²) in [5, 5.41) is 15.3. The number of benzene rings is 2. The number of hydrogen-bond donors (Lipinski definition) is 1. The fourth-order valence-electron chi connectivity index (χ4n) is 2.41. The summed E-state index contributed by atoms with van der Waals surface area (Å²) in [5.74, 6) is 0.392. The number of hydrogen-bond acceptors (Lipinski definition) is 5. The second-order valence-corrected chi connectivity index (χ2v) is 6.47. The van der Waals surface area contributed by atoms with Gasteiger partial charge in [0.2, 0.25) is 5.91 Å². The molecule has 0 aliphatic rings. The molecule has 26 heavy (non-hydrogen) atoms. The number of rotatable bonds is 6. The molecule has 2 aromatic carbocycles. The first-order chi connectivity index (χ1) is 12.5. The molecule has 0 atom stereocenters. The minimum Gasteiger partial charge on any atom is -0.322 e. The number of amides is 1. The van der Waals surface area contributed by atoms with Crippen molar-refractivity contribution in [3.8, 4) is 5.69 Å². The van der Waals surface area contributed by atoms with Crippen molar-refractivity contribution in [1.82, 2.24) is 25.1 Å². The number of nitrogens with one attached hydrogen (secondary N) is 1. The number of carbonyl (C=O) groups is 1. The monoisotopic (exact) mass is 390 g/mol. The highest BCUT2D eigenvalue weighted by molar-refractivity contribution is 6.39. The predicted octanol–water partition coefficient (Wildman–Crippen LogP) is 3.04. The molecule has 0 radical (unpaired) electrons. The normalized spacial score (nSPS) is 10.9. The van der Waals surface area contributed by atoms with Crippen LogP contribution in [-0.2, 0) is 11.3 Å². The highest BCUT2D eigenvalue weighted by Gasteiger charge is 2.15. The van der Waals surface area contributed by atoms with Gasteiger partial charge in [0.05, 0.1) is 34.5 Å². The lowest BCUT2D eigenvalue weighted by molar-refractivity contribution is -0.117. The average molecular weight is 391 g/mol. The van der Waals surface area contributed by atoms with E-state index in [2.05, 4.69) is 20.8 Å². The van der Waals surface area contributed by atoms with Crippen LogP contribution in [0.25, 0.3) is 5.69 Å². The van der Waals surface area contributed by atoms with Crippen LogP contribution >= 0.6 is 23.2 Å². The summed E-state index contributed by atoms with van der Waals surface area (Å²) in [6.07, 6.45) is 0. The Labute approximate surface area is 160 Å². The Balaban J connectivity index is 1.64. The van der Waals surface area contributed by atoms with Crippen molar-refractivity contribution in [1.29, 1.82) is 0 Å². The van der Waals surface area contributed by atoms with Crippen LogP contribution in [0.15, 0.2) is 48.5 Å². The first kappa shape index (κ1) is 18.3. The highest BCUT2D eigenvalue weighted by Crippen LogP contribution is 2.29. The zero-order valence-corrected chi connectivity index (χ0v) is 15.4. The minimum absolute atomic E-state index is 0.128. The van der Waals surface area contributed by atoms with Gasteiger partial charge in [-0.05, 0) is 41.7 Å². The number of nitrogens with zero attached hydrogens (tertiary/aromatic N) is 5. The molecule has 3 aromatic rings. The Morgan fingerprint density at radius 2 is 1.81 bits per heavy atom. The molecule has 1 N–H and O–H groups in total. The highest BCUT2D eigenvalue weighted by atomic mass is 35.5. The summed E-state index contributed by atoms with van der Waals surface area (Å²) in [7, 11) is 1.80. The molecule has 0 aliphatic carbocycles. The van der Waals surface area contributed by atoms with Crippen LogP contribution in [0.4, 0.5) is 5.69 Å². The van der Waals surface area contributed by atoms with E-state index in [-0.39, 0.29) is 12.5 Å². The third kappa shape index (κ3) is 4.37. The second kappa shape index (κ2) is 8.27. The van der Waals surface area contributed by atoms with Gasteiger partial charge in [-0.25, -0.2) is 0 Å². The summed E-state index contributed by atoms with van der Waals surface area (Å²) in [6, 6.07) is 14.6. The fraction of sp³-hybridized carbons (Fsp3) is 0.176. The Morgan fingerprint density at radius 3 is 2.50 bits per heavy atom. The zero-order valence-electron chi connectivity index (χ0n) is 13.9. The Morgan fingerprint density at radius 1 is 1.12 bits per heavy atom. The molecule has 0 fully saturated rings. The van der Waals surface area contributed by atoms with E-state index in [1.165, 1.54) is 0 Å². The van der Waals surface area contributed by atoms with Gasteiger partial charge in [-0.2, -0.15) is 4.68 Å². The number of carbonyl (C=O) groups excluding carboxylic acids is 1. The van der Waals surface area contributed by atoms with Gasteiger partial charge in [0.15, 0.2) is 5.82 Å². The molecule has 0 saturated heterocycles. The molecule has 9 heteroatoms. The third-order valence-corrected chi connectivity index (χ3v) is 4.22. The van der Waals surface area contributed by atoms with E-state index in [0.717, 1.165) is 5.69 Å². The Hall–Kier alpha value is -2.48. The van der Waals surface area contributed by atoms with Gasteiger partial charge in [0.25, 0.3) is 0 Å². The lowest BCUT2D eigenvalue weighted by Crippen LogP contribution is -2.31. The number of para-hydroxylation sites is 2. The van der Waals surface area contributed by atoms with Crippen LogP contribution in [0.5, 0.6) is 0 Å². The van der Waals surface area contributed by atoms with Crippen molar-refractivity contribution in [3.05, 3.63) is 64.4 Å². The number of likely N-dealkylation sites (N-methyl/N-ethyl adjacent to an activating group) is 1. The van der Waals surface area contributed by atoms with Gasteiger partial charge in [0, 0.05) is 0 Å². The van der Waals surface area contributed by atoms with Crippen LogP contribution in [0, 0.1) is 0 Å². The maximum absolute atomic E-state index is 12.3. The van der Waals surface area contributed by atoms with Crippen LogP contribution in [0.2, 0.25) is 10.0 Å². The lowest BCUT2D eigenvalue weighted by atomic mass is 10.3. The van der Waals surface area contributed by atoms with Gasteiger partial charge in [-0.3, -0.25) is 9.69 Å². The summed E-state index contributed by atoms with van der Waals surface area (Å²) < 4.78 is 1.64. The maximum Gasteiger partial charge on any atom is 0.238 e. The molecule has 0 spiro atoms. The Bertz CT molecular complexity index is 879. The van der Waals surface area contributed by atoms with Gasteiger partial charge < -0.3 is 5.32 Å². The van der Waals surface area contributed by atoms with Gasteiger partial charge in [0.1, 0.15) is 0 Å². The molecule has 0 unspecified atom stereocenters. The first-order valence-corrected chi connectivity index (χ1v) is 8.55. The van der Waals surface area contributed by atoms with Crippen molar-refractivity contribution >= 4 is 34.8 Å². The number of anilines is 1. The molecule has 134 valence electrons. The van der Waals surface area contributed by atoms with Crippen LogP contribution in [0.3, 0.4) is 0 Å². The van der Waals surface area contributed by atoms with Crippen LogP contribution in [0.1, 0.15) is 5.82 Å².